The first kappa shape index (κ1) is 13.5. The lowest BCUT2D eigenvalue weighted by Crippen LogP contribution is -2.29. The molecule has 0 saturated carbocycles. The molecule has 1 aliphatic heterocycles. The van der Waals surface area contributed by atoms with Crippen molar-refractivity contribution in [1.82, 2.24) is 0 Å². The van der Waals surface area contributed by atoms with Crippen molar-refractivity contribution < 1.29 is 8.78 Å². The third kappa shape index (κ3) is 2.04. The minimum absolute atomic E-state index is 0.0491. The Balaban J connectivity index is 1.82. The van der Waals surface area contributed by atoms with Crippen molar-refractivity contribution >= 4 is 5.69 Å². The molecule has 0 saturated heterocycles. The second-order valence-electron chi connectivity index (χ2n) is 6.24. The van der Waals surface area contributed by atoms with Gasteiger partial charge in [0.2, 0.25) is 0 Å². The van der Waals surface area contributed by atoms with Crippen LogP contribution in [0.1, 0.15) is 35.1 Å². The quantitative estimate of drug-likeness (QED) is 0.722. The molecule has 0 unspecified atom stereocenters. The van der Waals surface area contributed by atoms with Gasteiger partial charge in [-0.1, -0.05) is 42.0 Å². The summed E-state index contributed by atoms with van der Waals surface area (Å²) in [6.07, 6.45) is 5.13. The summed E-state index contributed by atoms with van der Waals surface area (Å²) in [6, 6.07) is 10.8. The number of rotatable bonds is 1. The molecular formula is C19H17F2N. The van der Waals surface area contributed by atoms with Gasteiger partial charge in [-0.15, -0.1) is 0 Å². The summed E-state index contributed by atoms with van der Waals surface area (Å²) in [7, 11) is 0. The van der Waals surface area contributed by atoms with E-state index in [4.69, 9.17) is 0 Å². The largest absolute Gasteiger partial charge is 0.375 e. The van der Waals surface area contributed by atoms with Crippen molar-refractivity contribution in [3.63, 3.8) is 0 Å². The van der Waals surface area contributed by atoms with E-state index < -0.39 is 11.6 Å². The van der Waals surface area contributed by atoms with Gasteiger partial charge < -0.3 is 5.32 Å². The Hall–Kier alpha value is -2.16. The molecule has 22 heavy (non-hydrogen) atoms. The Labute approximate surface area is 128 Å². The molecule has 4 rings (SSSR count). The summed E-state index contributed by atoms with van der Waals surface area (Å²) in [4.78, 5) is 0. The molecule has 3 heteroatoms. The molecule has 2 aromatic rings. The Bertz CT molecular complexity index is 749. The average molecular weight is 297 g/mol. The number of anilines is 1. The van der Waals surface area contributed by atoms with Crippen molar-refractivity contribution in [3.8, 4) is 0 Å². The molecular weight excluding hydrogens is 280 g/mol. The highest BCUT2D eigenvalue weighted by Gasteiger charge is 2.39. The van der Waals surface area contributed by atoms with Gasteiger partial charge in [-0.2, -0.15) is 0 Å². The van der Waals surface area contributed by atoms with Crippen LogP contribution in [-0.2, 0) is 0 Å². The van der Waals surface area contributed by atoms with Crippen LogP contribution in [0.25, 0.3) is 0 Å². The van der Waals surface area contributed by atoms with Crippen LogP contribution < -0.4 is 5.32 Å². The molecule has 0 fully saturated rings. The first-order valence-electron chi connectivity index (χ1n) is 7.62. The molecule has 0 aromatic heterocycles. The fraction of sp³-hybridized carbons (Fsp3) is 0.263. The second-order valence-corrected chi connectivity index (χ2v) is 6.24. The Morgan fingerprint density at radius 2 is 1.86 bits per heavy atom. The van der Waals surface area contributed by atoms with Gasteiger partial charge >= 0.3 is 0 Å². The van der Waals surface area contributed by atoms with Crippen LogP contribution in [0.15, 0.2) is 48.6 Å². The summed E-state index contributed by atoms with van der Waals surface area (Å²) in [6.45, 7) is 2.05. The smallest absolute Gasteiger partial charge is 0.149 e. The van der Waals surface area contributed by atoms with E-state index >= 15 is 0 Å². The van der Waals surface area contributed by atoms with Crippen molar-refractivity contribution in [1.29, 1.82) is 0 Å². The molecule has 2 aliphatic rings. The van der Waals surface area contributed by atoms with E-state index in [1.165, 1.54) is 11.6 Å². The lowest BCUT2D eigenvalue weighted by Gasteiger charge is -2.37. The maximum atomic E-state index is 14.2. The maximum absolute atomic E-state index is 14.2. The molecule has 0 amide bonds. The summed E-state index contributed by atoms with van der Waals surface area (Å²) < 4.78 is 27.8. The highest BCUT2D eigenvalue weighted by molar-refractivity contribution is 5.60. The molecule has 1 heterocycles. The molecule has 2 aromatic carbocycles. The predicted molar refractivity (Wildman–Crippen MR) is 83.9 cm³/mol. The van der Waals surface area contributed by atoms with E-state index in [0.29, 0.717) is 11.6 Å². The van der Waals surface area contributed by atoms with Gasteiger partial charge in [-0.25, -0.2) is 8.78 Å². The van der Waals surface area contributed by atoms with Crippen molar-refractivity contribution in [3.05, 3.63) is 76.9 Å². The molecule has 1 N–H and O–H groups in total. The number of nitrogens with one attached hydrogen (secondary N) is 1. The van der Waals surface area contributed by atoms with Crippen LogP contribution in [0, 0.1) is 24.5 Å². The zero-order valence-corrected chi connectivity index (χ0v) is 12.3. The fourth-order valence-corrected chi connectivity index (χ4v) is 3.72. The Morgan fingerprint density at radius 1 is 1.09 bits per heavy atom. The SMILES string of the molecule is Cc1ccc([C@H]2Nc3c(F)cc(F)cc3[C@@H]3C=CC[C@@H]23)cc1. The summed E-state index contributed by atoms with van der Waals surface area (Å²) in [5.41, 5.74) is 3.53. The summed E-state index contributed by atoms with van der Waals surface area (Å²) >= 11 is 0. The van der Waals surface area contributed by atoms with Crippen LogP contribution in [0.3, 0.4) is 0 Å². The first-order valence-corrected chi connectivity index (χ1v) is 7.62. The summed E-state index contributed by atoms with van der Waals surface area (Å²) in [5, 5.41) is 3.32. The van der Waals surface area contributed by atoms with E-state index in [-0.39, 0.29) is 12.0 Å². The highest BCUT2D eigenvalue weighted by atomic mass is 19.1. The monoisotopic (exact) mass is 297 g/mol. The minimum Gasteiger partial charge on any atom is -0.375 e. The lowest BCUT2D eigenvalue weighted by molar-refractivity contribution is 0.418. The number of fused-ring (bicyclic) bond motifs is 3. The lowest BCUT2D eigenvalue weighted by atomic mass is 9.77. The van der Waals surface area contributed by atoms with Crippen LogP contribution in [0.5, 0.6) is 0 Å². The van der Waals surface area contributed by atoms with Crippen molar-refractivity contribution in [2.75, 3.05) is 5.32 Å². The third-order valence-corrected chi connectivity index (χ3v) is 4.82. The van der Waals surface area contributed by atoms with E-state index in [1.807, 2.05) is 0 Å². The molecule has 3 atom stereocenters. The number of halogens is 2. The number of benzene rings is 2. The van der Waals surface area contributed by atoms with Crippen LogP contribution >= 0.6 is 0 Å². The van der Waals surface area contributed by atoms with Crippen LogP contribution in [0.2, 0.25) is 0 Å². The standard InChI is InChI=1S/C19H17F2N/c1-11-5-7-12(8-6-11)18-15-4-2-3-14(15)16-9-13(20)10-17(21)19(16)22-18/h2-3,5-10,14-15,18,22H,4H2,1H3/t14-,15-,18-/m1/s1. The van der Waals surface area contributed by atoms with Crippen LogP contribution in [0.4, 0.5) is 14.5 Å². The molecule has 0 bridgehead atoms. The first-order chi connectivity index (χ1) is 10.6. The fourth-order valence-electron chi connectivity index (χ4n) is 3.72. The molecule has 1 nitrogen and oxygen atoms in total. The maximum Gasteiger partial charge on any atom is 0.149 e. The van der Waals surface area contributed by atoms with E-state index in [1.54, 1.807) is 0 Å². The van der Waals surface area contributed by atoms with Gasteiger partial charge in [0.05, 0.1) is 11.7 Å². The van der Waals surface area contributed by atoms with Crippen molar-refractivity contribution in [2.24, 2.45) is 5.92 Å². The normalized spacial score (nSPS) is 25.5. The number of aryl methyl sites for hydroxylation is 1. The van der Waals surface area contributed by atoms with Gasteiger partial charge in [0.1, 0.15) is 11.6 Å². The molecule has 1 aliphatic carbocycles. The van der Waals surface area contributed by atoms with Gasteiger partial charge in [0.15, 0.2) is 0 Å². The Morgan fingerprint density at radius 3 is 2.64 bits per heavy atom. The Kier molecular flexibility index (Phi) is 3.03. The van der Waals surface area contributed by atoms with Gasteiger partial charge in [0, 0.05) is 12.0 Å². The van der Waals surface area contributed by atoms with Crippen LogP contribution in [-0.4, -0.2) is 0 Å². The zero-order valence-electron chi connectivity index (χ0n) is 12.3. The average Bonchev–Trinajstić information content (AvgIpc) is 2.97. The number of hydrogen-bond donors (Lipinski definition) is 1. The number of allylic oxidation sites excluding steroid dienone is 2. The molecule has 0 radical (unpaired) electrons. The van der Waals surface area contributed by atoms with E-state index in [9.17, 15) is 8.78 Å². The zero-order chi connectivity index (χ0) is 15.3. The van der Waals surface area contributed by atoms with E-state index in [2.05, 4.69) is 48.7 Å². The van der Waals surface area contributed by atoms with Gasteiger partial charge in [-0.05, 0) is 36.5 Å². The third-order valence-electron chi connectivity index (χ3n) is 4.82. The van der Waals surface area contributed by atoms with Crippen molar-refractivity contribution in [2.45, 2.75) is 25.3 Å². The minimum atomic E-state index is -0.508. The van der Waals surface area contributed by atoms with Gasteiger partial charge in [-0.3, -0.25) is 0 Å². The second kappa shape index (κ2) is 4.94. The molecule has 0 spiro atoms. The highest BCUT2D eigenvalue weighted by Crippen LogP contribution is 2.50. The molecule has 112 valence electrons. The van der Waals surface area contributed by atoms with Gasteiger partial charge in [0.25, 0.3) is 0 Å². The summed E-state index contributed by atoms with van der Waals surface area (Å²) in [5.74, 6) is -0.638. The number of hydrogen-bond acceptors (Lipinski definition) is 1. The predicted octanol–water partition coefficient (Wildman–Crippen LogP) is 5.10. The topological polar surface area (TPSA) is 12.0 Å². The van der Waals surface area contributed by atoms with E-state index in [0.717, 1.165) is 23.6 Å².